The van der Waals surface area contributed by atoms with Crippen molar-refractivity contribution in [3.05, 3.63) is 35.4 Å². The first kappa shape index (κ1) is 13.6. The molecule has 0 spiro atoms. The van der Waals surface area contributed by atoms with Gasteiger partial charge in [0, 0.05) is 12.6 Å². The summed E-state index contributed by atoms with van der Waals surface area (Å²) < 4.78 is 0. The van der Waals surface area contributed by atoms with E-state index in [-0.39, 0.29) is 5.41 Å². The van der Waals surface area contributed by atoms with Crippen LogP contribution in [0.25, 0.3) is 0 Å². The molecule has 1 aliphatic rings. The highest BCUT2D eigenvalue weighted by Gasteiger charge is 2.40. The zero-order valence-electron chi connectivity index (χ0n) is 12.2. The van der Waals surface area contributed by atoms with Gasteiger partial charge in [-0.3, -0.25) is 0 Å². The second-order valence-corrected chi connectivity index (χ2v) is 6.83. The van der Waals surface area contributed by atoms with E-state index in [1.807, 2.05) is 0 Å². The third-order valence-electron chi connectivity index (χ3n) is 4.18. The van der Waals surface area contributed by atoms with Gasteiger partial charge in [0.1, 0.15) is 5.60 Å². The molecule has 0 aromatic heterocycles. The van der Waals surface area contributed by atoms with E-state index in [0.29, 0.717) is 6.04 Å². The van der Waals surface area contributed by atoms with Gasteiger partial charge in [0.05, 0.1) is 0 Å². The van der Waals surface area contributed by atoms with E-state index in [0.717, 1.165) is 18.5 Å². The summed E-state index contributed by atoms with van der Waals surface area (Å²) in [6, 6.07) is 8.92. The number of likely N-dealkylation sites (N-methyl/N-ethyl adjacent to an activating group) is 1. The SMILES string of the molecule is CC1CC(O)(c2ccc(C(C)(C)C)cc2)CN1C. The lowest BCUT2D eigenvalue weighted by Gasteiger charge is -2.25. The molecule has 1 fully saturated rings. The minimum absolute atomic E-state index is 0.168. The zero-order valence-corrected chi connectivity index (χ0v) is 12.2. The summed E-state index contributed by atoms with van der Waals surface area (Å²) >= 11 is 0. The number of benzene rings is 1. The molecule has 2 nitrogen and oxygen atoms in total. The number of hydrogen-bond donors (Lipinski definition) is 1. The molecule has 0 saturated carbocycles. The average molecular weight is 247 g/mol. The van der Waals surface area contributed by atoms with Gasteiger partial charge in [-0.2, -0.15) is 0 Å². The molecule has 0 radical (unpaired) electrons. The highest BCUT2D eigenvalue weighted by atomic mass is 16.3. The Morgan fingerprint density at radius 1 is 1.22 bits per heavy atom. The van der Waals surface area contributed by atoms with Crippen molar-refractivity contribution in [3.63, 3.8) is 0 Å². The number of hydrogen-bond acceptors (Lipinski definition) is 2. The van der Waals surface area contributed by atoms with E-state index < -0.39 is 5.60 Å². The lowest BCUT2D eigenvalue weighted by Crippen LogP contribution is -2.29. The summed E-state index contributed by atoms with van der Waals surface area (Å²) in [5.41, 5.74) is 1.85. The van der Waals surface area contributed by atoms with Crippen LogP contribution in [0.15, 0.2) is 24.3 Å². The molecule has 1 aromatic carbocycles. The summed E-state index contributed by atoms with van der Waals surface area (Å²) in [5, 5.41) is 10.8. The lowest BCUT2D eigenvalue weighted by atomic mass is 9.84. The molecule has 1 saturated heterocycles. The highest BCUT2D eigenvalue weighted by molar-refractivity contribution is 5.32. The van der Waals surface area contributed by atoms with E-state index in [4.69, 9.17) is 0 Å². The Bertz CT molecular complexity index is 406. The van der Waals surface area contributed by atoms with Crippen LogP contribution in [0.2, 0.25) is 0 Å². The number of rotatable bonds is 1. The van der Waals surface area contributed by atoms with Gasteiger partial charge < -0.3 is 10.0 Å². The van der Waals surface area contributed by atoms with Crippen LogP contribution in [0.5, 0.6) is 0 Å². The van der Waals surface area contributed by atoms with Gasteiger partial charge in [0.2, 0.25) is 0 Å². The molecule has 1 aliphatic heterocycles. The van der Waals surface area contributed by atoms with Crippen LogP contribution in [-0.4, -0.2) is 29.6 Å². The fourth-order valence-corrected chi connectivity index (χ4v) is 2.77. The Balaban J connectivity index is 2.25. The molecule has 1 aromatic rings. The Kier molecular flexibility index (Phi) is 3.28. The largest absolute Gasteiger partial charge is 0.384 e. The average Bonchev–Trinajstić information content (AvgIpc) is 2.53. The van der Waals surface area contributed by atoms with E-state index in [1.165, 1.54) is 5.56 Å². The first-order chi connectivity index (χ1) is 8.22. The topological polar surface area (TPSA) is 23.5 Å². The van der Waals surface area contributed by atoms with Crippen LogP contribution in [0.1, 0.15) is 45.2 Å². The number of nitrogens with zero attached hydrogens (tertiary/aromatic N) is 1. The normalized spacial score (nSPS) is 29.8. The van der Waals surface area contributed by atoms with E-state index >= 15 is 0 Å². The fraction of sp³-hybridized carbons (Fsp3) is 0.625. The van der Waals surface area contributed by atoms with Crippen LogP contribution >= 0.6 is 0 Å². The lowest BCUT2D eigenvalue weighted by molar-refractivity contribution is 0.0485. The summed E-state index contributed by atoms with van der Waals surface area (Å²) in [4.78, 5) is 2.22. The molecule has 1 N–H and O–H groups in total. The second-order valence-electron chi connectivity index (χ2n) is 6.83. The fourth-order valence-electron chi connectivity index (χ4n) is 2.77. The molecule has 2 unspecified atom stereocenters. The maximum Gasteiger partial charge on any atom is 0.104 e. The first-order valence-electron chi connectivity index (χ1n) is 6.76. The van der Waals surface area contributed by atoms with E-state index in [9.17, 15) is 5.11 Å². The maximum atomic E-state index is 10.8. The van der Waals surface area contributed by atoms with Crippen LogP contribution in [0, 0.1) is 0 Å². The number of aliphatic hydroxyl groups is 1. The van der Waals surface area contributed by atoms with Gasteiger partial charge in [-0.15, -0.1) is 0 Å². The summed E-state index contributed by atoms with van der Waals surface area (Å²) in [7, 11) is 2.08. The molecular formula is C16H25NO. The summed E-state index contributed by atoms with van der Waals surface area (Å²) in [5.74, 6) is 0. The monoisotopic (exact) mass is 247 g/mol. The van der Waals surface area contributed by atoms with Gasteiger partial charge >= 0.3 is 0 Å². The number of likely N-dealkylation sites (tertiary alicyclic amines) is 1. The van der Waals surface area contributed by atoms with Gasteiger partial charge in [-0.1, -0.05) is 45.0 Å². The molecule has 0 aliphatic carbocycles. The standard InChI is InChI=1S/C16H25NO/c1-12-10-16(18,11-17(12)5)14-8-6-13(7-9-14)15(2,3)4/h6-9,12,18H,10-11H2,1-5H3. The minimum atomic E-state index is -0.676. The Morgan fingerprint density at radius 2 is 1.78 bits per heavy atom. The Labute approximate surface area is 111 Å². The molecule has 18 heavy (non-hydrogen) atoms. The summed E-state index contributed by atoms with van der Waals surface area (Å²) in [6.07, 6.45) is 0.818. The predicted octanol–water partition coefficient (Wildman–Crippen LogP) is 2.90. The van der Waals surface area contributed by atoms with Gasteiger partial charge in [0.15, 0.2) is 0 Å². The quantitative estimate of drug-likeness (QED) is 0.825. The van der Waals surface area contributed by atoms with Crippen molar-refractivity contribution in [1.29, 1.82) is 0 Å². The van der Waals surface area contributed by atoms with Crippen molar-refractivity contribution >= 4 is 0 Å². The third kappa shape index (κ3) is 2.45. The van der Waals surface area contributed by atoms with Gasteiger partial charge in [-0.25, -0.2) is 0 Å². The molecule has 2 atom stereocenters. The van der Waals surface area contributed by atoms with E-state index in [1.54, 1.807) is 0 Å². The van der Waals surface area contributed by atoms with Gasteiger partial charge in [-0.05, 0) is 36.9 Å². The van der Waals surface area contributed by atoms with Crippen molar-refractivity contribution in [2.75, 3.05) is 13.6 Å². The smallest absolute Gasteiger partial charge is 0.104 e. The van der Waals surface area contributed by atoms with Crippen LogP contribution in [0.4, 0.5) is 0 Å². The molecule has 100 valence electrons. The van der Waals surface area contributed by atoms with Crippen LogP contribution < -0.4 is 0 Å². The molecular weight excluding hydrogens is 222 g/mol. The molecule has 0 bridgehead atoms. The summed E-state index contributed by atoms with van der Waals surface area (Å²) in [6.45, 7) is 9.52. The van der Waals surface area contributed by atoms with Gasteiger partial charge in [0.25, 0.3) is 0 Å². The van der Waals surface area contributed by atoms with Crippen molar-refractivity contribution in [2.45, 2.75) is 51.2 Å². The minimum Gasteiger partial charge on any atom is -0.384 e. The van der Waals surface area contributed by atoms with Crippen LogP contribution in [-0.2, 0) is 11.0 Å². The van der Waals surface area contributed by atoms with E-state index in [2.05, 4.69) is 63.9 Å². The Hall–Kier alpha value is -0.860. The third-order valence-corrected chi connectivity index (χ3v) is 4.18. The maximum absolute atomic E-state index is 10.8. The Morgan fingerprint density at radius 3 is 2.17 bits per heavy atom. The zero-order chi connectivity index (χ0) is 13.6. The van der Waals surface area contributed by atoms with Crippen molar-refractivity contribution < 1.29 is 5.11 Å². The molecule has 2 rings (SSSR count). The van der Waals surface area contributed by atoms with Crippen LogP contribution in [0.3, 0.4) is 0 Å². The molecule has 1 heterocycles. The second kappa shape index (κ2) is 4.36. The van der Waals surface area contributed by atoms with Crippen molar-refractivity contribution in [3.8, 4) is 0 Å². The van der Waals surface area contributed by atoms with Crippen molar-refractivity contribution in [2.24, 2.45) is 0 Å². The first-order valence-corrected chi connectivity index (χ1v) is 6.76. The highest BCUT2D eigenvalue weighted by Crippen LogP contribution is 2.35. The number of β-amino-alcohol motifs (C(OH)–C–C–N with tert-alkyl or cyclic N) is 1. The molecule has 0 amide bonds. The van der Waals surface area contributed by atoms with Crippen molar-refractivity contribution in [1.82, 2.24) is 4.90 Å². The predicted molar refractivity (Wildman–Crippen MR) is 75.7 cm³/mol. The molecule has 2 heteroatoms.